The van der Waals surface area contributed by atoms with E-state index in [2.05, 4.69) is 35.8 Å². The largest absolute Gasteiger partial charge is 0.349 e. The Morgan fingerprint density at radius 1 is 1.40 bits per heavy atom. The Balaban J connectivity index is 0.00000147. The highest BCUT2D eigenvalue weighted by molar-refractivity contribution is 5.85. The molecule has 1 aliphatic carbocycles. The smallest absolute Gasteiger partial charge is 0.223 e. The van der Waals surface area contributed by atoms with Crippen molar-refractivity contribution in [2.45, 2.75) is 32.7 Å². The topological polar surface area (TPSA) is 41.1 Å². The number of rotatable bonds is 3. The summed E-state index contributed by atoms with van der Waals surface area (Å²) in [5.41, 5.74) is 4.03. The van der Waals surface area contributed by atoms with Crippen molar-refractivity contribution in [1.82, 2.24) is 10.6 Å². The lowest BCUT2D eigenvalue weighted by Crippen LogP contribution is -2.49. The van der Waals surface area contributed by atoms with Crippen LogP contribution >= 0.6 is 12.4 Å². The van der Waals surface area contributed by atoms with Gasteiger partial charge in [0, 0.05) is 5.92 Å². The first-order valence-electron chi connectivity index (χ1n) is 7.25. The Morgan fingerprint density at radius 2 is 2.15 bits per heavy atom. The normalized spacial score (nSPS) is 22.4. The van der Waals surface area contributed by atoms with Gasteiger partial charge in [0.25, 0.3) is 0 Å². The molecule has 0 bridgehead atoms. The fourth-order valence-corrected chi connectivity index (χ4v) is 3.08. The van der Waals surface area contributed by atoms with Gasteiger partial charge in [-0.2, -0.15) is 0 Å². The minimum atomic E-state index is 0. The number of hydrogen-bond donors (Lipinski definition) is 2. The molecule has 1 fully saturated rings. The maximum Gasteiger partial charge on any atom is 0.223 e. The molecule has 1 aliphatic heterocycles. The van der Waals surface area contributed by atoms with Crippen molar-refractivity contribution >= 4 is 18.3 Å². The van der Waals surface area contributed by atoms with Crippen LogP contribution in [0.15, 0.2) is 18.2 Å². The summed E-state index contributed by atoms with van der Waals surface area (Å²) < 4.78 is 0. The monoisotopic (exact) mass is 294 g/mol. The van der Waals surface area contributed by atoms with E-state index in [-0.39, 0.29) is 30.3 Å². The quantitative estimate of drug-likeness (QED) is 0.899. The summed E-state index contributed by atoms with van der Waals surface area (Å²) in [7, 11) is 0. The van der Waals surface area contributed by atoms with Gasteiger partial charge in [0.2, 0.25) is 5.91 Å². The van der Waals surface area contributed by atoms with Gasteiger partial charge in [-0.25, -0.2) is 0 Å². The van der Waals surface area contributed by atoms with E-state index >= 15 is 0 Å². The van der Waals surface area contributed by atoms with Gasteiger partial charge in [0.15, 0.2) is 0 Å². The van der Waals surface area contributed by atoms with E-state index in [1.54, 1.807) is 0 Å². The SMILES string of the molecule is Cc1ccc2c(c1)CCC2NC(=O)C(C)C1CNC1.Cl. The predicted octanol–water partition coefficient (Wildman–Crippen LogP) is 2.38. The van der Waals surface area contributed by atoms with Gasteiger partial charge >= 0.3 is 0 Å². The van der Waals surface area contributed by atoms with Crippen LogP contribution < -0.4 is 10.6 Å². The van der Waals surface area contributed by atoms with Crippen LogP contribution in [0.1, 0.15) is 36.1 Å². The second kappa shape index (κ2) is 6.15. The average Bonchev–Trinajstić information content (AvgIpc) is 2.69. The number of nitrogens with one attached hydrogen (secondary N) is 2. The molecular weight excluding hydrogens is 272 g/mol. The third kappa shape index (κ3) is 2.84. The predicted molar refractivity (Wildman–Crippen MR) is 83.2 cm³/mol. The van der Waals surface area contributed by atoms with Crippen molar-refractivity contribution in [2.24, 2.45) is 11.8 Å². The lowest BCUT2D eigenvalue weighted by molar-refractivity contribution is -0.127. The van der Waals surface area contributed by atoms with E-state index in [1.165, 1.54) is 16.7 Å². The molecule has 20 heavy (non-hydrogen) atoms. The summed E-state index contributed by atoms with van der Waals surface area (Å²) in [4.78, 5) is 12.3. The first-order chi connectivity index (χ1) is 9.15. The number of hydrogen-bond acceptors (Lipinski definition) is 2. The van der Waals surface area contributed by atoms with Crippen LogP contribution in [0.25, 0.3) is 0 Å². The van der Waals surface area contributed by atoms with Crippen molar-refractivity contribution < 1.29 is 4.79 Å². The number of carbonyl (C=O) groups excluding carboxylic acids is 1. The van der Waals surface area contributed by atoms with Gasteiger partial charge in [-0.15, -0.1) is 12.4 Å². The molecular formula is C16H23ClN2O. The summed E-state index contributed by atoms with van der Waals surface area (Å²) in [6.07, 6.45) is 2.13. The van der Waals surface area contributed by atoms with E-state index < -0.39 is 0 Å². The molecule has 2 N–H and O–H groups in total. The van der Waals surface area contributed by atoms with Crippen LogP contribution in [0.5, 0.6) is 0 Å². The van der Waals surface area contributed by atoms with Crippen LogP contribution in [0.4, 0.5) is 0 Å². The molecule has 0 spiro atoms. The van der Waals surface area contributed by atoms with E-state index in [4.69, 9.17) is 0 Å². The first kappa shape index (κ1) is 15.3. The molecule has 110 valence electrons. The molecule has 1 saturated heterocycles. The van der Waals surface area contributed by atoms with Gasteiger partial charge in [0.1, 0.15) is 0 Å². The minimum Gasteiger partial charge on any atom is -0.349 e. The van der Waals surface area contributed by atoms with Crippen LogP contribution in [0.2, 0.25) is 0 Å². The zero-order chi connectivity index (χ0) is 13.4. The molecule has 2 aliphatic rings. The summed E-state index contributed by atoms with van der Waals surface area (Å²) >= 11 is 0. The highest BCUT2D eigenvalue weighted by Crippen LogP contribution is 2.32. The Hall–Kier alpha value is -1.06. The molecule has 2 atom stereocenters. The van der Waals surface area contributed by atoms with Crippen molar-refractivity contribution in [3.05, 3.63) is 34.9 Å². The van der Waals surface area contributed by atoms with E-state index in [9.17, 15) is 4.79 Å². The molecule has 1 aromatic rings. The molecule has 0 saturated carbocycles. The second-order valence-electron chi connectivity index (χ2n) is 6.01. The zero-order valence-electron chi connectivity index (χ0n) is 12.1. The molecule has 2 unspecified atom stereocenters. The number of aryl methyl sites for hydroxylation is 2. The number of benzene rings is 1. The molecule has 1 aromatic carbocycles. The maximum atomic E-state index is 12.3. The molecule has 0 aromatic heterocycles. The molecule has 1 amide bonds. The van der Waals surface area contributed by atoms with Crippen molar-refractivity contribution in [3.8, 4) is 0 Å². The van der Waals surface area contributed by atoms with E-state index in [0.29, 0.717) is 5.92 Å². The standard InChI is InChI=1S/C16H22N2O.ClH/c1-10-3-5-14-12(7-10)4-6-15(14)18-16(19)11(2)13-8-17-9-13;/h3,5,7,11,13,15,17H,4,6,8-9H2,1-2H3,(H,18,19);1H. The maximum absolute atomic E-state index is 12.3. The van der Waals surface area contributed by atoms with Crippen LogP contribution in [0.3, 0.4) is 0 Å². The molecule has 1 heterocycles. The second-order valence-corrected chi connectivity index (χ2v) is 6.01. The van der Waals surface area contributed by atoms with Crippen LogP contribution in [-0.2, 0) is 11.2 Å². The first-order valence-corrected chi connectivity index (χ1v) is 7.25. The minimum absolute atomic E-state index is 0. The third-order valence-electron chi connectivity index (χ3n) is 4.63. The van der Waals surface area contributed by atoms with Gasteiger partial charge in [0.05, 0.1) is 6.04 Å². The highest BCUT2D eigenvalue weighted by Gasteiger charge is 2.31. The highest BCUT2D eigenvalue weighted by atomic mass is 35.5. The Morgan fingerprint density at radius 3 is 2.80 bits per heavy atom. The third-order valence-corrected chi connectivity index (χ3v) is 4.63. The van der Waals surface area contributed by atoms with Gasteiger partial charge in [-0.3, -0.25) is 4.79 Å². The number of amides is 1. The summed E-state index contributed by atoms with van der Waals surface area (Å²) in [6.45, 7) is 6.13. The Kier molecular flexibility index (Phi) is 4.71. The lowest BCUT2D eigenvalue weighted by atomic mass is 9.88. The molecule has 0 radical (unpaired) electrons. The number of carbonyl (C=O) groups is 1. The fraction of sp³-hybridized carbons (Fsp3) is 0.562. The lowest BCUT2D eigenvalue weighted by Gasteiger charge is -2.32. The number of halogens is 1. The Bertz CT molecular complexity index is 499. The molecule has 4 heteroatoms. The van der Waals surface area contributed by atoms with Crippen LogP contribution in [0, 0.1) is 18.8 Å². The van der Waals surface area contributed by atoms with Crippen molar-refractivity contribution in [3.63, 3.8) is 0 Å². The number of fused-ring (bicyclic) bond motifs is 1. The average molecular weight is 295 g/mol. The summed E-state index contributed by atoms with van der Waals surface area (Å²) in [5.74, 6) is 0.847. The summed E-state index contributed by atoms with van der Waals surface area (Å²) in [5, 5.41) is 6.47. The van der Waals surface area contributed by atoms with Gasteiger partial charge in [-0.1, -0.05) is 30.7 Å². The Labute approximate surface area is 126 Å². The van der Waals surface area contributed by atoms with Gasteiger partial charge in [-0.05, 0) is 49.9 Å². The van der Waals surface area contributed by atoms with Gasteiger partial charge < -0.3 is 10.6 Å². The zero-order valence-corrected chi connectivity index (χ0v) is 12.9. The summed E-state index contributed by atoms with van der Waals surface area (Å²) in [6, 6.07) is 6.79. The van der Waals surface area contributed by atoms with Crippen LogP contribution in [-0.4, -0.2) is 19.0 Å². The van der Waals surface area contributed by atoms with E-state index in [1.807, 2.05) is 6.92 Å². The van der Waals surface area contributed by atoms with Crippen molar-refractivity contribution in [2.75, 3.05) is 13.1 Å². The van der Waals surface area contributed by atoms with E-state index in [0.717, 1.165) is 25.9 Å². The fourth-order valence-electron chi connectivity index (χ4n) is 3.08. The molecule has 3 nitrogen and oxygen atoms in total. The van der Waals surface area contributed by atoms with Crippen molar-refractivity contribution in [1.29, 1.82) is 0 Å². The molecule has 3 rings (SSSR count).